The highest BCUT2D eigenvalue weighted by molar-refractivity contribution is 6.30. The Bertz CT molecular complexity index is 564. The highest BCUT2D eigenvalue weighted by Gasteiger charge is 2.40. The van der Waals surface area contributed by atoms with Crippen LogP contribution >= 0.6 is 11.6 Å². The summed E-state index contributed by atoms with van der Waals surface area (Å²) in [5.41, 5.74) is -0.456. The topological polar surface area (TPSA) is 41.6 Å². The lowest BCUT2D eigenvalue weighted by Gasteiger charge is -2.30. The highest BCUT2D eigenvalue weighted by Crippen LogP contribution is 2.36. The van der Waals surface area contributed by atoms with Gasteiger partial charge in [0.2, 0.25) is 5.91 Å². The van der Waals surface area contributed by atoms with Gasteiger partial charge < -0.3 is 15.0 Å². The third-order valence-corrected chi connectivity index (χ3v) is 4.74. The van der Waals surface area contributed by atoms with E-state index in [1.165, 1.54) is 6.92 Å². The van der Waals surface area contributed by atoms with Gasteiger partial charge in [-0.3, -0.25) is 4.79 Å². The molecule has 2 aliphatic heterocycles. The molecule has 3 rings (SSSR count). The van der Waals surface area contributed by atoms with Crippen LogP contribution in [0.2, 0.25) is 5.02 Å². The zero-order valence-electron chi connectivity index (χ0n) is 13.2. The van der Waals surface area contributed by atoms with Crippen molar-refractivity contribution in [1.29, 1.82) is 0 Å². The number of rotatable bonds is 2. The van der Waals surface area contributed by atoms with Crippen molar-refractivity contribution in [1.82, 2.24) is 10.2 Å². The number of ether oxygens (including phenoxy) is 1. The van der Waals surface area contributed by atoms with Crippen LogP contribution < -0.4 is 5.32 Å². The Balaban J connectivity index is 1.76. The smallest absolute Gasteiger partial charge is 0.228 e. The highest BCUT2D eigenvalue weighted by atomic mass is 35.5. The van der Waals surface area contributed by atoms with Gasteiger partial charge >= 0.3 is 0 Å². The van der Waals surface area contributed by atoms with Crippen molar-refractivity contribution in [2.45, 2.75) is 25.1 Å². The first-order valence-corrected chi connectivity index (χ1v) is 8.40. The molecule has 0 bridgehead atoms. The standard InChI is InChI=1S/C17H22ClFN2O2/c1-17(19)10-20-7-8-21(11-17)16(22)14-6-9-23-15(14)12-2-4-13(18)5-3-12/h2-5,14-15,20H,6-11H2,1H3/t14-,15+,17?/m1/s1. The number of amides is 1. The van der Waals surface area contributed by atoms with Crippen LogP contribution in [0, 0.1) is 5.92 Å². The first-order chi connectivity index (χ1) is 11.0. The summed E-state index contributed by atoms with van der Waals surface area (Å²) >= 11 is 5.92. The number of carbonyl (C=O) groups excluding carboxylic acids is 1. The number of hydrogen-bond donors (Lipinski definition) is 1. The fourth-order valence-corrected chi connectivity index (χ4v) is 3.47. The molecule has 0 aliphatic carbocycles. The van der Waals surface area contributed by atoms with Gasteiger partial charge in [0.15, 0.2) is 0 Å². The van der Waals surface area contributed by atoms with Crippen LogP contribution in [-0.4, -0.2) is 49.3 Å². The molecule has 2 aliphatic rings. The predicted octanol–water partition coefficient (Wildman–Crippen LogP) is 2.58. The Morgan fingerprint density at radius 3 is 2.91 bits per heavy atom. The van der Waals surface area contributed by atoms with Gasteiger partial charge in [0.05, 0.1) is 18.6 Å². The van der Waals surface area contributed by atoms with Gasteiger partial charge in [-0.15, -0.1) is 0 Å². The molecule has 0 aromatic heterocycles. The second-order valence-corrected chi connectivity index (χ2v) is 7.02. The summed E-state index contributed by atoms with van der Waals surface area (Å²) in [5, 5.41) is 3.70. The lowest BCUT2D eigenvalue weighted by Crippen LogP contribution is -2.45. The summed E-state index contributed by atoms with van der Waals surface area (Å²) in [5.74, 6) is -0.278. The van der Waals surface area contributed by atoms with Crippen LogP contribution in [0.25, 0.3) is 0 Å². The Labute approximate surface area is 140 Å². The minimum absolute atomic E-state index is 0.0185. The van der Waals surface area contributed by atoms with Gasteiger partial charge in [0, 0.05) is 31.3 Å². The number of alkyl halides is 1. The summed E-state index contributed by atoms with van der Waals surface area (Å²) in [7, 11) is 0. The maximum atomic E-state index is 14.4. The number of nitrogens with one attached hydrogen (secondary N) is 1. The van der Waals surface area contributed by atoms with Crippen LogP contribution in [0.1, 0.15) is 25.0 Å². The fraction of sp³-hybridized carbons (Fsp3) is 0.588. The van der Waals surface area contributed by atoms with Crippen molar-refractivity contribution in [3.8, 4) is 0 Å². The van der Waals surface area contributed by atoms with Crippen LogP contribution in [0.3, 0.4) is 0 Å². The summed E-state index contributed by atoms with van der Waals surface area (Å²) in [4.78, 5) is 14.6. The Kier molecular flexibility index (Phi) is 4.90. The third kappa shape index (κ3) is 3.84. The number of halogens is 2. The molecule has 0 spiro atoms. The molecule has 1 aromatic rings. The predicted molar refractivity (Wildman–Crippen MR) is 87.2 cm³/mol. The Hall–Kier alpha value is -1.17. The van der Waals surface area contributed by atoms with E-state index in [-0.39, 0.29) is 31.0 Å². The maximum Gasteiger partial charge on any atom is 0.228 e. The van der Waals surface area contributed by atoms with Gasteiger partial charge in [0.25, 0.3) is 0 Å². The van der Waals surface area contributed by atoms with Gasteiger partial charge in [0.1, 0.15) is 5.67 Å². The summed E-state index contributed by atoms with van der Waals surface area (Å²) in [6.07, 6.45) is 0.390. The first-order valence-electron chi connectivity index (χ1n) is 8.02. The average Bonchev–Trinajstić information content (AvgIpc) is 2.92. The van der Waals surface area contributed by atoms with E-state index in [2.05, 4.69) is 5.32 Å². The number of carbonyl (C=O) groups is 1. The number of nitrogens with zero attached hydrogens (tertiary/aromatic N) is 1. The van der Waals surface area contributed by atoms with Crippen molar-refractivity contribution < 1.29 is 13.9 Å². The second kappa shape index (κ2) is 6.75. The van der Waals surface area contributed by atoms with E-state index in [9.17, 15) is 9.18 Å². The SMILES string of the molecule is CC1(F)CNCCN(C(=O)[C@@H]2CCO[C@H]2c2ccc(Cl)cc2)C1. The second-order valence-electron chi connectivity index (χ2n) is 6.59. The van der Waals surface area contributed by atoms with Crippen LogP contribution in [0.4, 0.5) is 4.39 Å². The first kappa shape index (κ1) is 16.7. The molecule has 3 atom stereocenters. The lowest BCUT2D eigenvalue weighted by molar-refractivity contribution is -0.138. The average molecular weight is 341 g/mol. The molecule has 23 heavy (non-hydrogen) atoms. The Morgan fingerprint density at radius 2 is 2.17 bits per heavy atom. The molecule has 2 saturated heterocycles. The molecule has 126 valence electrons. The van der Waals surface area contributed by atoms with E-state index in [0.29, 0.717) is 31.1 Å². The maximum absolute atomic E-state index is 14.4. The quantitative estimate of drug-likeness (QED) is 0.899. The molecule has 2 heterocycles. The number of hydrogen-bond acceptors (Lipinski definition) is 3. The molecule has 1 aromatic carbocycles. The van der Waals surface area contributed by atoms with E-state index in [1.54, 1.807) is 17.0 Å². The molecule has 1 N–H and O–H groups in total. The Morgan fingerprint density at radius 1 is 1.43 bits per heavy atom. The monoisotopic (exact) mass is 340 g/mol. The largest absolute Gasteiger partial charge is 0.373 e. The van der Waals surface area contributed by atoms with Gasteiger partial charge in [-0.1, -0.05) is 23.7 Å². The van der Waals surface area contributed by atoms with E-state index < -0.39 is 5.67 Å². The zero-order chi connectivity index (χ0) is 16.4. The summed E-state index contributed by atoms with van der Waals surface area (Å²) < 4.78 is 20.2. The van der Waals surface area contributed by atoms with Crippen molar-refractivity contribution >= 4 is 17.5 Å². The summed E-state index contributed by atoms with van der Waals surface area (Å²) in [6.45, 7) is 3.63. The van der Waals surface area contributed by atoms with E-state index >= 15 is 0 Å². The fourth-order valence-electron chi connectivity index (χ4n) is 3.34. The van der Waals surface area contributed by atoms with Crippen molar-refractivity contribution in [2.75, 3.05) is 32.8 Å². The van der Waals surface area contributed by atoms with Crippen molar-refractivity contribution in [3.63, 3.8) is 0 Å². The van der Waals surface area contributed by atoms with Gasteiger partial charge in [-0.05, 0) is 31.0 Å². The van der Waals surface area contributed by atoms with Crippen LogP contribution in [0.5, 0.6) is 0 Å². The molecule has 0 saturated carbocycles. The molecular formula is C17H22ClFN2O2. The van der Waals surface area contributed by atoms with Crippen molar-refractivity contribution in [3.05, 3.63) is 34.9 Å². The zero-order valence-corrected chi connectivity index (χ0v) is 14.0. The molecule has 0 radical (unpaired) electrons. The minimum atomic E-state index is -1.40. The van der Waals surface area contributed by atoms with Crippen LogP contribution in [0.15, 0.2) is 24.3 Å². The van der Waals surface area contributed by atoms with E-state index in [0.717, 1.165) is 5.56 Å². The van der Waals surface area contributed by atoms with Gasteiger partial charge in [-0.2, -0.15) is 0 Å². The van der Waals surface area contributed by atoms with Gasteiger partial charge in [-0.25, -0.2) is 4.39 Å². The molecular weight excluding hydrogens is 319 g/mol. The molecule has 6 heteroatoms. The van der Waals surface area contributed by atoms with E-state index in [1.807, 2.05) is 12.1 Å². The molecule has 2 fully saturated rings. The number of benzene rings is 1. The summed E-state index contributed by atoms with van der Waals surface area (Å²) in [6, 6.07) is 7.38. The van der Waals surface area contributed by atoms with Crippen LogP contribution in [-0.2, 0) is 9.53 Å². The molecule has 1 amide bonds. The van der Waals surface area contributed by atoms with E-state index in [4.69, 9.17) is 16.3 Å². The normalized spacial score (nSPS) is 31.9. The molecule has 1 unspecified atom stereocenters. The third-order valence-electron chi connectivity index (χ3n) is 4.49. The van der Waals surface area contributed by atoms with Crippen molar-refractivity contribution in [2.24, 2.45) is 5.92 Å². The molecule has 4 nitrogen and oxygen atoms in total. The minimum Gasteiger partial charge on any atom is -0.373 e. The lowest BCUT2D eigenvalue weighted by atomic mass is 9.93.